The molecule has 1 N–H and O–H groups in total. The van der Waals surface area contributed by atoms with Gasteiger partial charge in [0, 0.05) is 25.0 Å². The SMILES string of the molecule is CCCCCn1nc(C(=O)N2CCC(C(O)c3ccccc3)CC2)c2ccccc2c1=O. The third-order valence-corrected chi connectivity index (χ3v) is 6.46. The van der Waals surface area contributed by atoms with E-state index in [0.29, 0.717) is 36.1 Å². The maximum atomic E-state index is 13.4. The Morgan fingerprint density at radius 1 is 1.03 bits per heavy atom. The lowest BCUT2D eigenvalue weighted by Gasteiger charge is -2.34. The van der Waals surface area contributed by atoms with Gasteiger partial charge in [-0.05, 0) is 36.8 Å². The van der Waals surface area contributed by atoms with E-state index in [1.54, 1.807) is 12.1 Å². The first-order chi connectivity index (χ1) is 15.6. The van der Waals surface area contributed by atoms with Crippen LogP contribution in [0, 0.1) is 5.92 Å². The largest absolute Gasteiger partial charge is 0.388 e. The van der Waals surface area contributed by atoms with Crippen LogP contribution in [0.1, 0.15) is 61.2 Å². The number of aliphatic hydroxyl groups is 1. The van der Waals surface area contributed by atoms with E-state index in [1.807, 2.05) is 47.4 Å². The number of hydrogen-bond donors (Lipinski definition) is 1. The number of unbranched alkanes of at least 4 members (excludes halogenated alkanes) is 2. The monoisotopic (exact) mass is 433 g/mol. The molecule has 1 aliphatic heterocycles. The summed E-state index contributed by atoms with van der Waals surface area (Å²) in [5, 5.41) is 16.4. The lowest BCUT2D eigenvalue weighted by molar-refractivity contribution is 0.0458. The Bertz CT molecular complexity index is 1120. The zero-order valence-electron chi connectivity index (χ0n) is 18.6. The van der Waals surface area contributed by atoms with E-state index in [1.165, 1.54) is 4.68 Å². The predicted molar refractivity (Wildman–Crippen MR) is 126 cm³/mol. The Labute approximate surface area is 188 Å². The van der Waals surface area contributed by atoms with Crippen LogP contribution in [0.15, 0.2) is 59.4 Å². The highest BCUT2D eigenvalue weighted by atomic mass is 16.3. The quantitative estimate of drug-likeness (QED) is 0.568. The summed E-state index contributed by atoms with van der Waals surface area (Å²) in [5.41, 5.74) is 1.13. The number of aliphatic hydroxyl groups excluding tert-OH is 1. The van der Waals surface area contributed by atoms with Gasteiger partial charge in [-0.15, -0.1) is 0 Å². The molecule has 1 atom stereocenters. The molecule has 3 aromatic rings. The molecule has 1 fully saturated rings. The minimum atomic E-state index is -0.520. The van der Waals surface area contributed by atoms with Crippen molar-refractivity contribution in [1.82, 2.24) is 14.7 Å². The van der Waals surface area contributed by atoms with Gasteiger partial charge in [0.2, 0.25) is 0 Å². The van der Waals surface area contributed by atoms with Crippen LogP contribution in [0.5, 0.6) is 0 Å². The smallest absolute Gasteiger partial charge is 0.274 e. The van der Waals surface area contributed by atoms with Crippen molar-refractivity contribution in [3.05, 3.63) is 76.2 Å². The lowest BCUT2D eigenvalue weighted by atomic mass is 9.87. The molecule has 1 saturated heterocycles. The standard InChI is InChI=1S/C26H31N3O3/c1-2-3-9-16-29-25(31)22-13-8-7-12-21(22)23(27-29)26(32)28-17-14-20(15-18-28)24(30)19-10-5-4-6-11-19/h4-8,10-13,20,24,30H,2-3,9,14-18H2,1H3. The molecule has 0 aliphatic carbocycles. The molecule has 2 aromatic carbocycles. The van der Waals surface area contributed by atoms with E-state index in [0.717, 1.165) is 37.7 Å². The van der Waals surface area contributed by atoms with Gasteiger partial charge < -0.3 is 10.0 Å². The fourth-order valence-electron chi connectivity index (χ4n) is 4.55. The summed E-state index contributed by atoms with van der Waals surface area (Å²) in [6.45, 7) is 3.77. The second-order valence-corrected chi connectivity index (χ2v) is 8.61. The van der Waals surface area contributed by atoms with E-state index in [2.05, 4.69) is 12.0 Å². The summed E-state index contributed by atoms with van der Waals surface area (Å²) in [6, 6.07) is 16.9. The molecule has 168 valence electrons. The highest BCUT2D eigenvalue weighted by Crippen LogP contribution is 2.31. The first-order valence-corrected chi connectivity index (χ1v) is 11.6. The Morgan fingerprint density at radius 2 is 1.69 bits per heavy atom. The Kier molecular flexibility index (Phi) is 7.00. The van der Waals surface area contributed by atoms with E-state index in [4.69, 9.17) is 0 Å². The van der Waals surface area contributed by atoms with Crippen LogP contribution in [0.3, 0.4) is 0 Å². The van der Waals surface area contributed by atoms with Crippen molar-refractivity contribution in [2.75, 3.05) is 13.1 Å². The van der Waals surface area contributed by atoms with Gasteiger partial charge >= 0.3 is 0 Å². The molecule has 1 aromatic heterocycles. The van der Waals surface area contributed by atoms with Crippen molar-refractivity contribution in [3.8, 4) is 0 Å². The lowest BCUT2D eigenvalue weighted by Crippen LogP contribution is -2.41. The predicted octanol–water partition coefficient (Wildman–Crippen LogP) is 4.17. The first kappa shape index (κ1) is 22.2. The number of fused-ring (bicyclic) bond motifs is 1. The number of carbonyl (C=O) groups is 1. The maximum Gasteiger partial charge on any atom is 0.274 e. The van der Waals surface area contributed by atoms with Crippen molar-refractivity contribution in [2.45, 2.75) is 51.7 Å². The van der Waals surface area contributed by atoms with E-state index >= 15 is 0 Å². The minimum absolute atomic E-state index is 0.120. The molecular weight excluding hydrogens is 402 g/mol. The zero-order chi connectivity index (χ0) is 22.5. The number of carbonyl (C=O) groups excluding carboxylic acids is 1. The number of benzene rings is 2. The van der Waals surface area contributed by atoms with E-state index in [9.17, 15) is 14.7 Å². The molecule has 1 unspecified atom stereocenters. The summed E-state index contributed by atoms with van der Waals surface area (Å²) in [5.74, 6) is -0.0211. The Hall–Kier alpha value is -2.99. The average Bonchev–Trinajstić information content (AvgIpc) is 2.85. The van der Waals surface area contributed by atoms with Gasteiger partial charge in [-0.2, -0.15) is 5.10 Å². The molecule has 0 bridgehead atoms. The second-order valence-electron chi connectivity index (χ2n) is 8.61. The van der Waals surface area contributed by atoms with Gasteiger partial charge in [0.15, 0.2) is 5.69 Å². The molecule has 4 rings (SSSR count). The number of aromatic nitrogens is 2. The van der Waals surface area contributed by atoms with Crippen LogP contribution in [-0.2, 0) is 6.54 Å². The summed E-state index contributed by atoms with van der Waals surface area (Å²) >= 11 is 0. The first-order valence-electron chi connectivity index (χ1n) is 11.6. The summed E-state index contributed by atoms with van der Waals surface area (Å²) in [7, 11) is 0. The maximum absolute atomic E-state index is 13.4. The fourth-order valence-corrected chi connectivity index (χ4v) is 4.55. The van der Waals surface area contributed by atoms with Crippen molar-refractivity contribution in [1.29, 1.82) is 0 Å². The number of rotatable bonds is 7. The van der Waals surface area contributed by atoms with Crippen LogP contribution in [0.2, 0.25) is 0 Å². The number of amides is 1. The number of likely N-dealkylation sites (tertiary alicyclic amines) is 1. The Morgan fingerprint density at radius 3 is 2.38 bits per heavy atom. The normalized spacial score (nSPS) is 15.8. The molecule has 0 radical (unpaired) electrons. The molecule has 6 heteroatoms. The van der Waals surface area contributed by atoms with Gasteiger partial charge in [-0.3, -0.25) is 9.59 Å². The zero-order valence-corrected chi connectivity index (χ0v) is 18.6. The summed E-state index contributed by atoms with van der Waals surface area (Å²) in [6.07, 6.45) is 3.87. The number of piperidine rings is 1. The molecular formula is C26H31N3O3. The fraction of sp³-hybridized carbons (Fsp3) is 0.423. The van der Waals surface area contributed by atoms with Gasteiger partial charge in [0.25, 0.3) is 11.5 Å². The third kappa shape index (κ3) is 4.60. The van der Waals surface area contributed by atoms with Crippen molar-refractivity contribution in [2.24, 2.45) is 5.92 Å². The number of nitrogens with zero attached hydrogens (tertiary/aromatic N) is 3. The van der Waals surface area contributed by atoms with Gasteiger partial charge in [0.1, 0.15) is 0 Å². The Balaban J connectivity index is 1.54. The molecule has 0 saturated carbocycles. The molecule has 6 nitrogen and oxygen atoms in total. The van der Waals surface area contributed by atoms with Crippen molar-refractivity contribution >= 4 is 16.7 Å². The molecule has 1 amide bonds. The highest BCUT2D eigenvalue weighted by molar-refractivity contribution is 6.04. The topological polar surface area (TPSA) is 75.4 Å². The van der Waals surface area contributed by atoms with Crippen LogP contribution in [0.25, 0.3) is 10.8 Å². The third-order valence-electron chi connectivity index (χ3n) is 6.46. The highest BCUT2D eigenvalue weighted by Gasteiger charge is 2.30. The van der Waals surface area contributed by atoms with Gasteiger partial charge in [-0.1, -0.05) is 68.3 Å². The minimum Gasteiger partial charge on any atom is -0.388 e. The molecule has 0 spiro atoms. The van der Waals surface area contributed by atoms with E-state index in [-0.39, 0.29) is 17.4 Å². The van der Waals surface area contributed by atoms with Crippen molar-refractivity contribution in [3.63, 3.8) is 0 Å². The van der Waals surface area contributed by atoms with Gasteiger partial charge in [-0.25, -0.2) is 4.68 Å². The summed E-state index contributed by atoms with van der Waals surface area (Å²) < 4.78 is 1.46. The van der Waals surface area contributed by atoms with Crippen LogP contribution in [0.4, 0.5) is 0 Å². The van der Waals surface area contributed by atoms with Gasteiger partial charge in [0.05, 0.1) is 11.5 Å². The number of aryl methyl sites for hydroxylation is 1. The van der Waals surface area contributed by atoms with Crippen LogP contribution in [-0.4, -0.2) is 38.8 Å². The average molecular weight is 434 g/mol. The number of hydrogen-bond acceptors (Lipinski definition) is 4. The van der Waals surface area contributed by atoms with Crippen molar-refractivity contribution < 1.29 is 9.90 Å². The summed E-state index contributed by atoms with van der Waals surface area (Å²) in [4.78, 5) is 28.1. The van der Waals surface area contributed by atoms with Crippen LogP contribution >= 0.6 is 0 Å². The molecule has 1 aliphatic rings. The molecule has 32 heavy (non-hydrogen) atoms. The molecule has 2 heterocycles. The van der Waals surface area contributed by atoms with Crippen LogP contribution < -0.4 is 5.56 Å². The van der Waals surface area contributed by atoms with E-state index < -0.39 is 6.10 Å². The second kappa shape index (κ2) is 10.1.